The first-order valence-electron chi connectivity index (χ1n) is 6.30. The number of hydrogen-bond acceptors (Lipinski definition) is 5. The predicted molar refractivity (Wildman–Crippen MR) is 75.0 cm³/mol. The van der Waals surface area contributed by atoms with E-state index < -0.39 is 9.84 Å². The van der Waals surface area contributed by atoms with Crippen LogP contribution in [-0.2, 0) is 9.84 Å². The highest BCUT2D eigenvalue weighted by Crippen LogP contribution is 2.21. The van der Waals surface area contributed by atoms with Crippen LogP contribution in [0.25, 0.3) is 0 Å². The van der Waals surface area contributed by atoms with E-state index in [1.165, 1.54) is 0 Å². The van der Waals surface area contributed by atoms with Gasteiger partial charge in [-0.25, -0.2) is 8.42 Å². The highest BCUT2D eigenvalue weighted by Gasteiger charge is 2.32. The fourth-order valence-electron chi connectivity index (χ4n) is 1.93. The molecule has 6 heteroatoms. The molecule has 1 saturated heterocycles. The molecule has 0 saturated carbocycles. The van der Waals surface area contributed by atoms with Crippen LogP contribution in [0.1, 0.15) is 26.7 Å². The van der Waals surface area contributed by atoms with Gasteiger partial charge >= 0.3 is 0 Å². The first-order valence-corrected chi connectivity index (χ1v) is 9.17. The summed E-state index contributed by atoms with van der Waals surface area (Å²) in [7, 11) is -2.96. The molecule has 4 nitrogen and oxygen atoms in total. The lowest BCUT2D eigenvalue weighted by Gasteiger charge is -2.35. The Morgan fingerprint density at radius 3 is 2.76 bits per heavy atom. The van der Waals surface area contributed by atoms with Crippen LogP contribution < -0.4 is 5.73 Å². The van der Waals surface area contributed by atoms with Gasteiger partial charge in [-0.1, -0.05) is 13.8 Å². The molecule has 2 N–H and O–H groups in total. The van der Waals surface area contributed by atoms with Crippen LogP contribution in [0.4, 0.5) is 0 Å². The van der Waals surface area contributed by atoms with Gasteiger partial charge in [0.2, 0.25) is 0 Å². The van der Waals surface area contributed by atoms with Crippen LogP contribution in [0.3, 0.4) is 0 Å². The molecule has 2 atom stereocenters. The van der Waals surface area contributed by atoms with Gasteiger partial charge in [-0.3, -0.25) is 4.90 Å². The molecule has 1 aliphatic heterocycles. The maximum atomic E-state index is 12.0. The van der Waals surface area contributed by atoms with Crippen molar-refractivity contribution in [2.75, 3.05) is 30.3 Å². The van der Waals surface area contributed by atoms with Crippen molar-refractivity contribution in [3.05, 3.63) is 0 Å². The molecule has 0 amide bonds. The average Bonchev–Trinajstić information content (AvgIpc) is 2.36. The van der Waals surface area contributed by atoms with Crippen molar-refractivity contribution in [1.29, 1.82) is 0 Å². The minimum Gasteiger partial charge on any atom is -0.328 e. The Morgan fingerprint density at radius 1 is 1.47 bits per heavy atom. The summed E-state index contributed by atoms with van der Waals surface area (Å²) in [5.41, 5.74) is 5.90. The summed E-state index contributed by atoms with van der Waals surface area (Å²) in [6.45, 7) is 5.46. The highest BCUT2D eigenvalue weighted by molar-refractivity contribution is 8.01. The molecule has 0 aromatic carbocycles. The normalized spacial score (nSPS) is 24.8. The topological polar surface area (TPSA) is 63.4 Å². The molecule has 0 aromatic heterocycles. The van der Waals surface area contributed by atoms with E-state index >= 15 is 0 Å². The molecule has 1 rings (SSSR count). The monoisotopic (exact) mass is 280 g/mol. The molecular formula is C11H24N2O2S2. The van der Waals surface area contributed by atoms with E-state index in [1.807, 2.05) is 0 Å². The molecule has 102 valence electrons. The van der Waals surface area contributed by atoms with E-state index in [-0.39, 0.29) is 17.2 Å². The summed E-state index contributed by atoms with van der Waals surface area (Å²) in [5, 5.41) is -0.296. The smallest absolute Gasteiger partial charge is 0.166 e. The third kappa shape index (κ3) is 4.43. The van der Waals surface area contributed by atoms with Gasteiger partial charge in [-0.15, -0.1) is 0 Å². The van der Waals surface area contributed by atoms with Crippen LogP contribution in [0.15, 0.2) is 0 Å². The van der Waals surface area contributed by atoms with Crippen molar-refractivity contribution in [3.8, 4) is 0 Å². The van der Waals surface area contributed by atoms with Crippen molar-refractivity contribution < 1.29 is 8.42 Å². The number of nitrogens with two attached hydrogens (primary N) is 1. The van der Waals surface area contributed by atoms with Gasteiger partial charge in [-0.2, -0.15) is 11.8 Å². The van der Waals surface area contributed by atoms with Crippen molar-refractivity contribution >= 4 is 21.6 Å². The molecule has 0 radical (unpaired) electrons. The Balaban J connectivity index is 2.60. The maximum absolute atomic E-state index is 12.0. The van der Waals surface area contributed by atoms with E-state index in [0.29, 0.717) is 5.75 Å². The Bertz CT molecular complexity index is 319. The molecule has 17 heavy (non-hydrogen) atoms. The third-order valence-corrected chi connectivity index (χ3v) is 6.65. The average molecular weight is 280 g/mol. The lowest BCUT2D eigenvalue weighted by atomic mass is 10.1. The van der Waals surface area contributed by atoms with Gasteiger partial charge in [0.15, 0.2) is 9.84 Å². The minimum atomic E-state index is -2.96. The molecule has 0 bridgehead atoms. The van der Waals surface area contributed by atoms with Crippen LogP contribution >= 0.6 is 11.8 Å². The van der Waals surface area contributed by atoms with Crippen LogP contribution in [0, 0.1) is 0 Å². The zero-order valence-electron chi connectivity index (χ0n) is 10.8. The van der Waals surface area contributed by atoms with Gasteiger partial charge < -0.3 is 5.73 Å². The number of nitrogens with zero attached hydrogens (tertiary/aromatic N) is 1. The van der Waals surface area contributed by atoms with Crippen LogP contribution in [-0.4, -0.2) is 55.1 Å². The molecular weight excluding hydrogens is 256 g/mol. The molecule has 0 aliphatic carbocycles. The minimum absolute atomic E-state index is 0.189. The number of thioether (sulfide) groups is 1. The molecule has 2 unspecified atom stereocenters. The predicted octanol–water partition coefficient (Wildman–Crippen LogP) is 0.923. The van der Waals surface area contributed by atoms with Gasteiger partial charge in [0.1, 0.15) is 5.37 Å². The summed E-state index contributed by atoms with van der Waals surface area (Å²) < 4.78 is 24.0. The number of rotatable bonds is 6. The molecule has 0 aromatic rings. The zero-order valence-corrected chi connectivity index (χ0v) is 12.4. The van der Waals surface area contributed by atoms with Gasteiger partial charge in [0.05, 0.1) is 0 Å². The molecule has 1 heterocycles. The standard InChI is InChI=1S/C11H24N2O2S2/c1-3-10(12)5-6-13-7-8-16-9-11(13)17(14,15)4-2/h10-11H,3-9,12H2,1-2H3. The number of sulfone groups is 1. The summed E-state index contributed by atoms with van der Waals surface area (Å²) in [6.07, 6.45) is 1.84. The lowest BCUT2D eigenvalue weighted by Crippen LogP contribution is -2.48. The fourth-order valence-corrected chi connectivity index (χ4v) is 5.04. The van der Waals surface area contributed by atoms with Crippen molar-refractivity contribution in [3.63, 3.8) is 0 Å². The Hall–Kier alpha value is 0.220. The molecule has 1 aliphatic rings. The quantitative estimate of drug-likeness (QED) is 0.784. The second-order valence-electron chi connectivity index (χ2n) is 4.47. The van der Waals surface area contributed by atoms with E-state index in [2.05, 4.69) is 11.8 Å². The van der Waals surface area contributed by atoms with Crippen LogP contribution in [0.2, 0.25) is 0 Å². The second kappa shape index (κ2) is 6.97. The second-order valence-corrected chi connectivity index (χ2v) is 8.07. The lowest BCUT2D eigenvalue weighted by molar-refractivity contribution is 0.258. The largest absolute Gasteiger partial charge is 0.328 e. The third-order valence-electron chi connectivity index (χ3n) is 3.32. The van der Waals surface area contributed by atoms with Crippen molar-refractivity contribution in [1.82, 2.24) is 4.90 Å². The molecule has 1 fully saturated rings. The summed E-state index contributed by atoms with van der Waals surface area (Å²) in [4.78, 5) is 2.10. The summed E-state index contributed by atoms with van der Waals surface area (Å²) in [5.74, 6) is 1.96. The maximum Gasteiger partial charge on any atom is 0.166 e. The van der Waals surface area contributed by atoms with E-state index in [0.717, 1.165) is 31.7 Å². The van der Waals surface area contributed by atoms with Crippen LogP contribution in [0.5, 0.6) is 0 Å². The van der Waals surface area contributed by atoms with Gasteiger partial charge in [0, 0.05) is 36.4 Å². The molecule has 0 spiro atoms. The Kier molecular flexibility index (Phi) is 6.26. The van der Waals surface area contributed by atoms with E-state index in [1.54, 1.807) is 18.7 Å². The fraction of sp³-hybridized carbons (Fsp3) is 1.00. The van der Waals surface area contributed by atoms with Crippen molar-refractivity contribution in [2.24, 2.45) is 5.73 Å². The Morgan fingerprint density at radius 2 is 2.18 bits per heavy atom. The highest BCUT2D eigenvalue weighted by atomic mass is 32.2. The van der Waals surface area contributed by atoms with E-state index in [4.69, 9.17) is 5.73 Å². The van der Waals surface area contributed by atoms with Crippen molar-refractivity contribution in [2.45, 2.75) is 38.1 Å². The summed E-state index contributed by atoms with van der Waals surface area (Å²) >= 11 is 1.74. The summed E-state index contributed by atoms with van der Waals surface area (Å²) in [6, 6.07) is 0.189. The SMILES string of the molecule is CCC(N)CCN1CCSCC1S(=O)(=O)CC. The first-order chi connectivity index (χ1) is 8.01. The zero-order chi connectivity index (χ0) is 12.9. The Labute approximate surface area is 109 Å². The number of hydrogen-bond donors (Lipinski definition) is 1. The van der Waals surface area contributed by atoms with E-state index in [9.17, 15) is 8.42 Å². The van der Waals surface area contributed by atoms with Gasteiger partial charge in [-0.05, 0) is 12.8 Å². The van der Waals surface area contributed by atoms with Gasteiger partial charge in [0.25, 0.3) is 0 Å². The first kappa shape index (κ1) is 15.3.